The number of para-hydroxylation sites is 1. The SMILES string of the molecule is CCC(=O)N1CCC(NC(=NC)NCc2ccccc2OCCN(CC)CC)C1. The molecule has 1 aliphatic heterocycles. The van der Waals surface area contributed by atoms with E-state index in [1.54, 1.807) is 7.05 Å². The molecule has 1 amide bonds. The molecule has 0 saturated carbocycles. The van der Waals surface area contributed by atoms with Crippen LogP contribution in [-0.4, -0.2) is 74.1 Å². The Morgan fingerprint density at radius 3 is 2.72 bits per heavy atom. The molecule has 1 saturated heterocycles. The molecular formula is C22H37N5O2. The van der Waals surface area contributed by atoms with E-state index in [0.717, 1.165) is 56.4 Å². The Labute approximate surface area is 175 Å². The normalized spacial score (nSPS) is 16.9. The number of amides is 1. The Bertz CT molecular complexity index is 660. The van der Waals surface area contributed by atoms with Gasteiger partial charge in [0.15, 0.2) is 5.96 Å². The van der Waals surface area contributed by atoms with E-state index in [2.05, 4.69) is 40.4 Å². The number of carbonyl (C=O) groups excluding carboxylic acids is 1. The van der Waals surface area contributed by atoms with Gasteiger partial charge in [-0.15, -0.1) is 0 Å². The van der Waals surface area contributed by atoms with E-state index in [1.165, 1.54) is 0 Å². The number of hydrogen-bond acceptors (Lipinski definition) is 4. The molecule has 2 rings (SSSR count). The number of likely N-dealkylation sites (N-methyl/N-ethyl adjacent to an activating group) is 1. The molecule has 1 heterocycles. The highest BCUT2D eigenvalue weighted by Gasteiger charge is 2.25. The summed E-state index contributed by atoms with van der Waals surface area (Å²) in [5, 5.41) is 6.81. The molecule has 0 aliphatic carbocycles. The molecule has 1 unspecified atom stereocenters. The number of carbonyl (C=O) groups is 1. The van der Waals surface area contributed by atoms with Crippen molar-refractivity contribution in [3.8, 4) is 5.75 Å². The van der Waals surface area contributed by atoms with Crippen LogP contribution in [0.1, 0.15) is 39.2 Å². The van der Waals surface area contributed by atoms with Crippen molar-refractivity contribution in [1.82, 2.24) is 20.4 Å². The summed E-state index contributed by atoms with van der Waals surface area (Å²) < 4.78 is 6.04. The van der Waals surface area contributed by atoms with E-state index in [0.29, 0.717) is 19.6 Å². The fourth-order valence-electron chi connectivity index (χ4n) is 3.51. The zero-order valence-corrected chi connectivity index (χ0v) is 18.4. The quantitative estimate of drug-likeness (QED) is 0.462. The van der Waals surface area contributed by atoms with Crippen molar-refractivity contribution in [1.29, 1.82) is 0 Å². The highest BCUT2D eigenvalue weighted by molar-refractivity contribution is 5.80. The number of nitrogens with one attached hydrogen (secondary N) is 2. The van der Waals surface area contributed by atoms with Crippen LogP contribution in [0.25, 0.3) is 0 Å². The lowest BCUT2D eigenvalue weighted by atomic mass is 10.2. The third-order valence-corrected chi connectivity index (χ3v) is 5.39. The van der Waals surface area contributed by atoms with E-state index in [9.17, 15) is 4.79 Å². The summed E-state index contributed by atoms with van der Waals surface area (Å²) in [6.45, 7) is 12.1. The summed E-state index contributed by atoms with van der Waals surface area (Å²) in [5.74, 6) is 1.87. The maximum Gasteiger partial charge on any atom is 0.222 e. The summed E-state index contributed by atoms with van der Waals surface area (Å²) in [6, 6.07) is 8.35. The Morgan fingerprint density at radius 2 is 2.03 bits per heavy atom. The largest absolute Gasteiger partial charge is 0.492 e. The minimum atomic E-state index is 0.216. The predicted octanol–water partition coefficient (Wildman–Crippen LogP) is 2.08. The van der Waals surface area contributed by atoms with Crippen molar-refractivity contribution in [2.75, 3.05) is 46.4 Å². The minimum Gasteiger partial charge on any atom is -0.492 e. The van der Waals surface area contributed by atoms with E-state index >= 15 is 0 Å². The van der Waals surface area contributed by atoms with E-state index < -0.39 is 0 Å². The molecule has 1 atom stereocenters. The van der Waals surface area contributed by atoms with Gasteiger partial charge >= 0.3 is 0 Å². The average Bonchev–Trinajstić information content (AvgIpc) is 3.23. The lowest BCUT2D eigenvalue weighted by Gasteiger charge is -2.20. The maximum absolute atomic E-state index is 11.9. The molecule has 7 heteroatoms. The molecule has 1 fully saturated rings. The van der Waals surface area contributed by atoms with Crippen LogP contribution in [0.5, 0.6) is 5.75 Å². The molecule has 7 nitrogen and oxygen atoms in total. The average molecular weight is 404 g/mol. The molecule has 0 aromatic heterocycles. The van der Waals surface area contributed by atoms with Crippen molar-refractivity contribution >= 4 is 11.9 Å². The van der Waals surface area contributed by atoms with Gasteiger partial charge in [0.05, 0.1) is 0 Å². The van der Waals surface area contributed by atoms with Gasteiger partial charge in [-0.3, -0.25) is 9.79 Å². The van der Waals surface area contributed by atoms with Crippen molar-refractivity contribution in [3.05, 3.63) is 29.8 Å². The summed E-state index contributed by atoms with van der Waals surface area (Å²) in [4.78, 5) is 20.5. The molecular weight excluding hydrogens is 366 g/mol. The maximum atomic E-state index is 11.9. The number of aliphatic imine (C=N–C) groups is 1. The van der Waals surface area contributed by atoms with Crippen molar-refractivity contribution in [2.24, 2.45) is 4.99 Å². The van der Waals surface area contributed by atoms with Gasteiger partial charge in [-0.25, -0.2) is 0 Å². The zero-order chi connectivity index (χ0) is 21.1. The van der Waals surface area contributed by atoms with Crippen LogP contribution in [0.4, 0.5) is 0 Å². The van der Waals surface area contributed by atoms with Crippen LogP contribution in [0, 0.1) is 0 Å². The fourth-order valence-corrected chi connectivity index (χ4v) is 3.51. The number of likely N-dealkylation sites (tertiary alicyclic amines) is 1. The van der Waals surface area contributed by atoms with Crippen LogP contribution >= 0.6 is 0 Å². The Morgan fingerprint density at radius 1 is 1.28 bits per heavy atom. The topological polar surface area (TPSA) is 69.2 Å². The van der Waals surface area contributed by atoms with Gasteiger partial charge < -0.3 is 25.2 Å². The number of guanidine groups is 1. The Hall–Kier alpha value is -2.28. The number of rotatable bonds is 10. The Balaban J connectivity index is 1.84. The number of ether oxygens (including phenoxy) is 1. The van der Waals surface area contributed by atoms with Gasteiger partial charge in [0.2, 0.25) is 5.91 Å². The first-order chi connectivity index (χ1) is 14.1. The van der Waals surface area contributed by atoms with E-state index in [1.807, 2.05) is 30.0 Å². The number of nitrogens with zero attached hydrogens (tertiary/aromatic N) is 3. The van der Waals surface area contributed by atoms with Crippen LogP contribution in [0.15, 0.2) is 29.3 Å². The number of benzene rings is 1. The molecule has 29 heavy (non-hydrogen) atoms. The molecule has 1 aromatic carbocycles. The fraction of sp³-hybridized carbons (Fsp3) is 0.636. The second-order valence-electron chi connectivity index (χ2n) is 7.23. The Kier molecular flexibility index (Phi) is 9.77. The second-order valence-corrected chi connectivity index (χ2v) is 7.23. The highest BCUT2D eigenvalue weighted by Crippen LogP contribution is 2.18. The first-order valence-corrected chi connectivity index (χ1v) is 10.8. The highest BCUT2D eigenvalue weighted by atomic mass is 16.5. The van der Waals surface area contributed by atoms with Crippen molar-refractivity contribution in [3.63, 3.8) is 0 Å². The van der Waals surface area contributed by atoms with Gasteiger partial charge in [0.1, 0.15) is 12.4 Å². The molecule has 0 bridgehead atoms. The predicted molar refractivity (Wildman–Crippen MR) is 118 cm³/mol. The first-order valence-electron chi connectivity index (χ1n) is 10.8. The minimum absolute atomic E-state index is 0.216. The van der Waals surface area contributed by atoms with Gasteiger partial charge in [-0.2, -0.15) is 0 Å². The monoisotopic (exact) mass is 403 g/mol. The van der Waals surface area contributed by atoms with Crippen LogP contribution in [0.2, 0.25) is 0 Å². The summed E-state index contributed by atoms with van der Waals surface area (Å²) in [6.07, 6.45) is 1.50. The number of hydrogen-bond donors (Lipinski definition) is 2. The van der Waals surface area contributed by atoms with Crippen LogP contribution in [0.3, 0.4) is 0 Å². The first kappa shape index (κ1) is 23.0. The lowest BCUT2D eigenvalue weighted by Crippen LogP contribution is -2.44. The van der Waals surface area contributed by atoms with Gasteiger partial charge in [-0.1, -0.05) is 39.0 Å². The second kappa shape index (κ2) is 12.3. The zero-order valence-electron chi connectivity index (χ0n) is 18.4. The van der Waals surface area contributed by atoms with Crippen molar-refractivity contribution < 1.29 is 9.53 Å². The molecule has 0 spiro atoms. The van der Waals surface area contributed by atoms with E-state index in [4.69, 9.17) is 4.74 Å². The lowest BCUT2D eigenvalue weighted by molar-refractivity contribution is -0.129. The van der Waals surface area contributed by atoms with Crippen LogP contribution < -0.4 is 15.4 Å². The van der Waals surface area contributed by atoms with Gasteiger partial charge in [0.25, 0.3) is 0 Å². The third kappa shape index (κ3) is 7.24. The molecule has 0 radical (unpaired) electrons. The summed E-state index contributed by atoms with van der Waals surface area (Å²) in [5.41, 5.74) is 1.10. The summed E-state index contributed by atoms with van der Waals surface area (Å²) >= 11 is 0. The summed E-state index contributed by atoms with van der Waals surface area (Å²) in [7, 11) is 1.77. The standard InChI is InChI=1S/C22H37N5O2/c1-5-21(28)27-13-12-19(17-27)25-22(23-4)24-16-18-10-8-9-11-20(18)29-15-14-26(6-2)7-3/h8-11,19H,5-7,12-17H2,1-4H3,(H2,23,24,25). The van der Waals surface area contributed by atoms with E-state index in [-0.39, 0.29) is 11.9 Å². The molecule has 1 aromatic rings. The molecule has 2 N–H and O–H groups in total. The molecule has 162 valence electrons. The van der Waals surface area contributed by atoms with Gasteiger partial charge in [0, 0.05) is 51.3 Å². The smallest absolute Gasteiger partial charge is 0.222 e. The third-order valence-electron chi connectivity index (χ3n) is 5.39. The molecule has 1 aliphatic rings. The van der Waals surface area contributed by atoms with Crippen molar-refractivity contribution in [2.45, 2.75) is 46.2 Å². The van der Waals surface area contributed by atoms with Gasteiger partial charge in [-0.05, 0) is 25.6 Å². The van der Waals surface area contributed by atoms with Crippen LogP contribution in [-0.2, 0) is 11.3 Å².